The van der Waals surface area contributed by atoms with Gasteiger partial charge in [-0.1, -0.05) is 103 Å². The van der Waals surface area contributed by atoms with Crippen molar-refractivity contribution < 1.29 is 0 Å². The largest absolute Gasteiger partial charge is 0.0619 e. The molecule has 2 aliphatic rings. The Morgan fingerprint density at radius 3 is 1.90 bits per heavy atom. The molecule has 0 unspecified atom stereocenters. The third-order valence-corrected chi connectivity index (χ3v) is 7.60. The van der Waals surface area contributed by atoms with E-state index in [1.165, 1.54) is 50.1 Å². The summed E-state index contributed by atoms with van der Waals surface area (Å²) in [7, 11) is 0. The van der Waals surface area contributed by atoms with Crippen LogP contribution >= 0.6 is 15.9 Å². The van der Waals surface area contributed by atoms with E-state index in [9.17, 15) is 0 Å². The van der Waals surface area contributed by atoms with Gasteiger partial charge >= 0.3 is 0 Å². The van der Waals surface area contributed by atoms with Crippen LogP contribution in [0.1, 0.15) is 47.6 Å². The van der Waals surface area contributed by atoms with E-state index in [-0.39, 0.29) is 5.41 Å². The van der Waals surface area contributed by atoms with Crippen molar-refractivity contribution in [3.8, 4) is 22.3 Å². The van der Waals surface area contributed by atoms with E-state index >= 15 is 0 Å². The summed E-state index contributed by atoms with van der Waals surface area (Å²) in [6, 6.07) is 31.7. The van der Waals surface area contributed by atoms with Gasteiger partial charge in [0.15, 0.2) is 0 Å². The van der Waals surface area contributed by atoms with Crippen LogP contribution in [0.15, 0.2) is 89.4 Å². The second-order valence-electron chi connectivity index (χ2n) is 9.13. The third-order valence-electron chi connectivity index (χ3n) is 7.10. The SMILES string of the molecule is CC1(C)c2cc(Br)ccc2-c2ccc(CC3c4ccccc4-c4ccccc43)cc21. The molecule has 30 heavy (non-hydrogen) atoms. The van der Waals surface area contributed by atoms with Gasteiger partial charge in [-0.15, -0.1) is 0 Å². The van der Waals surface area contributed by atoms with E-state index in [4.69, 9.17) is 0 Å². The Balaban J connectivity index is 1.44. The minimum absolute atomic E-state index is 0.0238. The number of fused-ring (bicyclic) bond motifs is 6. The molecule has 0 radical (unpaired) electrons. The Bertz CT molecular complexity index is 1270. The summed E-state index contributed by atoms with van der Waals surface area (Å²) in [4.78, 5) is 0. The lowest BCUT2D eigenvalue weighted by molar-refractivity contribution is 0.658. The van der Waals surface area contributed by atoms with Gasteiger partial charge in [0.25, 0.3) is 0 Å². The second kappa shape index (κ2) is 6.43. The van der Waals surface area contributed by atoms with Crippen molar-refractivity contribution in [2.75, 3.05) is 0 Å². The molecular formula is C29H23Br. The fourth-order valence-corrected chi connectivity index (χ4v) is 5.96. The van der Waals surface area contributed by atoms with E-state index in [0.717, 1.165) is 10.9 Å². The Hall–Kier alpha value is -2.64. The molecule has 0 nitrogen and oxygen atoms in total. The fourth-order valence-electron chi connectivity index (χ4n) is 5.60. The molecule has 0 spiro atoms. The number of hydrogen-bond donors (Lipinski definition) is 0. The molecule has 0 heterocycles. The molecule has 1 heteroatoms. The molecule has 0 bridgehead atoms. The van der Waals surface area contributed by atoms with Crippen LogP contribution in [0.3, 0.4) is 0 Å². The monoisotopic (exact) mass is 450 g/mol. The molecule has 0 atom stereocenters. The summed E-state index contributed by atoms with van der Waals surface area (Å²) in [6.07, 6.45) is 1.04. The number of halogens is 1. The van der Waals surface area contributed by atoms with E-state index < -0.39 is 0 Å². The van der Waals surface area contributed by atoms with Crippen molar-refractivity contribution >= 4 is 15.9 Å². The summed E-state index contributed by atoms with van der Waals surface area (Å²) in [5, 5.41) is 0. The Kier molecular flexibility index (Phi) is 3.89. The van der Waals surface area contributed by atoms with Crippen LogP contribution in [0, 0.1) is 0 Å². The molecule has 0 N–H and O–H groups in total. The van der Waals surface area contributed by atoms with E-state index in [0.29, 0.717) is 5.92 Å². The highest BCUT2D eigenvalue weighted by molar-refractivity contribution is 9.10. The summed E-state index contributed by atoms with van der Waals surface area (Å²) < 4.78 is 1.15. The van der Waals surface area contributed by atoms with Crippen molar-refractivity contribution in [3.63, 3.8) is 0 Å². The van der Waals surface area contributed by atoms with Crippen LogP contribution in [0.5, 0.6) is 0 Å². The summed E-state index contributed by atoms with van der Waals surface area (Å²) >= 11 is 3.66. The molecule has 0 aliphatic heterocycles. The van der Waals surface area contributed by atoms with Gasteiger partial charge in [-0.2, -0.15) is 0 Å². The molecule has 0 aromatic heterocycles. The zero-order valence-corrected chi connectivity index (χ0v) is 18.8. The number of rotatable bonds is 2. The minimum Gasteiger partial charge on any atom is -0.0619 e. The lowest BCUT2D eigenvalue weighted by Crippen LogP contribution is -2.15. The molecule has 0 fully saturated rings. The third kappa shape index (κ3) is 2.51. The van der Waals surface area contributed by atoms with Crippen LogP contribution in [0.2, 0.25) is 0 Å². The van der Waals surface area contributed by atoms with Gasteiger partial charge in [-0.3, -0.25) is 0 Å². The maximum Gasteiger partial charge on any atom is 0.0178 e. The van der Waals surface area contributed by atoms with Crippen LogP contribution in [0.25, 0.3) is 22.3 Å². The highest BCUT2D eigenvalue weighted by atomic mass is 79.9. The molecule has 0 saturated carbocycles. The Morgan fingerprint density at radius 2 is 1.23 bits per heavy atom. The molecule has 4 aromatic carbocycles. The second-order valence-corrected chi connectivity index (χ2v) is 10.0. The zero-order valence-electron chi connectivity index (χ0n) is 17.2. The van der Waals surface area contributed by atoms with Gasteiger partial charge in [0.05, 0.1) is 0 Å². The van der Waals surface area contributed by atoms with Gasteiger partial charge in [0, 0.05) is 15.8 Å². The van der Waals surface area contributed by atoms with Crippen molar-refractivity contribution in [2.45, 2.75) is 31.6 Å². The molecule has 2 aliphatic carbocycles. The quantitative estimate of drug-likeness (QED) is 0.289. The van der Waals surface area contributed by atoms with E-state index in [1.807, 2.05) is 0 Å². The fraction of sp³-hybridized carbons (Fsp3) is 0.172. The van der Waals surface area contributed by atoms with Gasteiger partial charge in [-0.05, 0) is 68.6 Å². The van der Waals surface area contributed by atoms with Crippen LogP contribution in [-0.4, -0.2) is 0 Å². The van der Waals surface area contributed by atoms with Crippen LogP contribution in [-0.2, 0) is 11.8 Å². The van der Waals surface area contributed by atoms with Crippen molar-refractivity contribution in [1.29, 1.82) is 0 Å². The summed E-state index contributed by atoms with van der Waals surface area (Å²) in [6.45, 7) is 4.71. The molecular weight excluding hydrogens is 428 g/mol. The predicted molar refractivity (Wildman–Crippen MR) is 129 cm³/mol. The highest BCUT2D eigenvalue weighted by Gasteiger charge is 2.36. The van der Waals surface area contributed by atoms with Gasteiger partial charge in [0.1, 0.15) is 0 Å². The van der Waals surface area contributed by atoms with Crippen LogP contribution < -0.4 is 0 Å². The minimum atomic E-state index is 0.0238. The smallest absolute Gasteiger partial charge is 0.0178 e. The normalized spacial score (nSPS) is 15.4. The first-order valence-corrected chi connectivity index (χ1v) is 11.5. The first-order chi connectivity index (χ1) is 14.5. The van der Waals surface area contributed by atoms with Crippen molar-refractivity contribution in [1.82, 2.24) is 0 Å². The standard InChI is InChI=1S/C29H23Br/c1-29(2)27-16-18(11-13-24(27)25-14-12-19(30)17-28(25)29)15-26-22-9-5-3-7-20(22)21-8-4-6-10-23(21)26/h3-14,16-17,26H,15H2,1-2H3. The van der Waals surface area contributed by atoms with Gasteiger partial charge in [-0.25, -0.2) is 0 Å². The Morgan fingerprint density at radius 1 is 0.667 bits per heavy atom. The maximum atomic E-state index is 3.66. The van der Waals surface area contributed by atoms with Crippen molar-refractivity contribution in [2.24, 2.45) is 0 Å². The lowest BCUT2D eigenvalue weighted by Gasteiger charge is -2.23. The van der Waals surface area contributed by atoms with E-state index in [1.54, 1.807) is 0 Å². The average molecular weight is 451 g/mol. The first kappa shape index (κ1) is 18.2. The summed E-state index contributed by atoms with van der Waals surface area (Å²) in [5.41, 5.74) is 12.8. The lowest BCUT2D eigenvalue weighted by atomic mass is 9.81. The maximum absolute atomic E-state index is 3.66. The average Bonchev–Trinajstić information content (AvgIpc) is 3.18. The zero-order chi connectivity index (χ0) is 20.5. The van der Waals surface area contributed by atoms with Crippen LogP contribution in [0.4, 0.5) is 0 Å². The van der Waals surface area contributed by atoms with Gasteiger partial charge < -0.3 is 0 Å². The predicted octanol–water partition coefficient (Wildman–Crippen LogP) is 8.11. The first-order valence-electron chi connectivity index (χ1n) is 10.7. The number of benzene rings is 4. The summed E-state index contributed by atoms with van der Waals surface area (Å²) in [5.74, 6) is 0.427. The molecule has 146 valence electrons. The van der Waals surface area contributed by atoms with E-state index in [2.05, 4.69) is 115 Å². The molecule has 0 amide bonds. The van der Waals surface area contributed by atoms with Gasteiger partial charge in [0.2, 0.25) is 0 Å². The topological polar surface area (TPSA) is 0 Å². The Labute approximate surface area is 186 Å². The van der Waals surface area contributed by atoms with Crippen molar-refractivity contribution in [3.05, 3.63) is 117 Å². The highest BCUT2D eigenvalue weighted by Crippen LogP contribution is 2.51. The number of hydrogen-bond acceptors (Lipinski definition) is 0. The molecule has 6 rings (SSSR count). The molecule has 0 saturated heterocycles. The molecule has 4 aromatic rings.